The van der Waals surface area contributed by atoms with Crippen LogP contribution >= 0.6 is 0 Å². The van der Waals surface area contributed by atoms with Crippen LogP contribution in [-0.2, 0) is 0 Å². The number of H-pyrrole nitrogens is 3. The molecule has 8 heteroatoms. The first kappa shape index (κ1) is 10.1. The summed E-state index contributed by atoms with van der Waals surface area (Å²) >= 11 is 0. The monoisotopic (exact) mass is 222 g/mol. The Labute approximate surface area is 89.1 Å². The van der Waals surface area contributed by atoms with E-state index in [9.17, 15) is 9.59 Å². The van der Waals surface area contributed by atoms with Gasteiger partial charge in [-0.2, -0.15) is 0 Å². The van der Waals surface area contributed by atoms with Gasteiger partial charge >= 0.3 is 5.69 Å². The van der Waals surface area contributed by atoms with Gasteiger partial charge in [0.15, 0.2) is 0 Å². The van der Waals surface area contributed by atoms with Crippen LogP contribution in [0.4, 0.5) is 5.82 Å². The van der Waals surface area contributed by atoms with Crippen molar-refractivity contribution in [2.75, 3.05) is 5.32 Å². The molecule has 8 nitrogen and oxygen atoms in total. The Morgan fingerprint density at radius 2 is 2.25 bits per heavy atom. The Morgan fingerprint density at radius 3 is 2.88 bits per heavy atom. The molecule has 2 aromatic heterocycles. The quantitative estimate of drug-likeness (QED) is 0.550. The van der Waals surface area contributed by atoms with Gasteiger partial charge in [0.2, 0.25) is 5.82 Å². The Balaban J connectivity index is 2.21. The zero-order chi connectivity index (χ0) is 11.5. The summed E-state index contributed by atoms with van der Waals surface area (Å²) in [6, 6.07) is -0.213. The van der Waals surface area contributed by atoms with Crippen molar-refractivity contribution in [3.05, 3.63) is 39.1 Å². The molecule has 0 spiro atoms. The summed E-state index contributed by atoms with van der Waals surface area (Å²) in [6.07, 6.45) is 3.29. The van der Waals surface area contributed by atoms with Crippen molar-refractivity contribution < 1.29 is 0 Å². The predicted octanol–water partition coefficient (Wildman–Crippen LogP) is -0.646. The third-order valence-corrected chi connectivity index (χ3v) is 1.99. The van der Waals surface area contributed by atoms with E-state index in [0.717, 1.165) is 0 Å². The van der Waals surface area contributed by atoms with Crippen molar-refractivity contribution in [2.24, 2.45) is 0 Å². The van der Waals surface area contributed by atoms with Crippen LogP contribution in [0.5, 0.6) is 0 Å². The smallest absolute Gasteiger partial charge is 0.342 e. The molecule has 1 atom stereocenters. The lowest BCUT2D eigenvalue weighted by molar-refractivity contribution is 0.782. The molecule has 4 N–H and O–H groups in total. The van der Waals surface area contributed by atoms with Gasteiger partial charge in [0.1, 0.15) is 5.82 Å². The van der Waals surface area contributed by atoms with Crippen LogP contribution in [0.25, 0.3) is 0 Å². The van der Waals surface area contributed by atoms with Crippen molar-refractivity contribution in [1.82, 2.24) is 25.1 Å². The maximum Gasteiger partial charge on any atom is 0.342 e. The van der Waals surface area contributed by atoms with E-state index in [0.29, 0.717) is 5.82 Å². The van der Waals surface area contributed by atoms with Crippen molar-refractivity contribution in [1.29, 1.82) is 0 Å². The summed E-state index contributed by atoms with van der Waals surface area (Å²) in [6.45, 7) is 1.81. The molecular weight excluding hydrogens is 212 g/mol. The summed E-state index contributed by atoms with van der Waals surface area (Å²) in [5.74, 6) is 0.718. The van der Waals surface area contributed by atoms with Gasteiger partial charge in [0.05, 0.1) is 6.04 Å². The number of aromatic amines is 3. The summed E-state index contributed by atoms with van der Waals surface area (Å²) in [7, 11) is 0. The minimum Gasteiger partial charge on any atom is -0.354 e. The highest BCUT2D eigenvalue weighted by molar-refractivity contribution is 5.31. The second kappa shape index (κ2) is 4.01. The lowest BCUT2D eigenvalue weighted by atomic mass is 10.3. The van der Waals surface area contributed by atoms with E-state index in [-0.39, 0.29) is 11.9 Å². The van der Waals surface area contributed by atoms with E-state index in [1.807, 2.05) is 6.92 Å². The molecular formula is C8H10N6O2. The maximum atomic E-state index is 11.3. The fourth-order valence-electron chi connectivity index (χ4n) is 1.23. The number of hydrogen-bond acceptors (Lipinski definition) is 5. The number of rotatable bonds is 3. The number of nitrogens with zero attached hydrogens (tertiary/aromatic N) is 2. The number of aromatic nitrogens is 5. The number of hydrogen-bond donors (Lipinski definition) is 4. The highest BCUT2D eigenvalue weighted by Gasteiger charge is 2.10. The molecule has 0 aromatic carbocycles. The van der Waals surface area contributed by atoms with Crippen molar-refractivity contribution in [3.8, 4) is 0 Å². The fraction of sp³-hybridized carbons (Fsp3) is 0.250. The minimum atomic E-state index is -0.638. The van der Waals surface area contributed by atoms with E-state index < -0.39 is 11.2 Å². The molecule has 0 saturated heterocycles. The Hall–Kier alpha value is -2.38. The first-order valence-corrected chi connectivity index (χ1v) is 4.61. The number of anilines is 1. The normalized spacial score (nSPS) is 12.3. The summed E-state index contributed by atoms with van der Waals surface area (Å²) < 4.78 is 0. The van der Waals surface area contributed by atoms with Gasteiger partial charge < -0.3 is 10.3 Å². The minimum absolute atomic E-state index is 0.0449. The van der Waals surface area contributed by atoms with Gasteiger partial charge in [0, 0.05) is 12.4 Å². The molecule has 0 radical (unpaired) electrons. The third-order valence-electron chi connectivity index (χ3n) is 1.99. The summed E-state index contributed by atoms with van der Waals surface area (Å²) in [5, 5.41) is 8.55. The lowest BCUT2D eigenvalue weighted by Gasteiger charge is -2.09. The number of nitrogens with one attached hydrogen (secondary N) is 4. The molecule has 16 heavy (non-hydrogen) atoms. The molecule has 2 aromatic rings. The molecule has 0 aliphatic heterocycles. The van der Waals surface area contributed by atoms with Crippen molar-refractivity contribution in [3.63, 3.8) is 0 Å². The van der Waals surface area contributed by atoms with Gasteiger partial charge in [-0.05, 0) is 6.92 Å². The average Bonchev–Trinajstić information content (AvgIpc) is 2.75. The molecule has 0 aliphatic carbocycles. The predicted molar refractivity (Wildman–Crippen MR) is 56.1 cm³/mol. The first-order valence-electron chi connectivity index (χ1n) is 4.61. The van der Waals surface area contributed by atoms with Crippen LogP contribution < -0.4 is 16.6 Å². The topological polar surface area (TPSA) is 119 Å². The van der Waals surface area contributed by atoms with E-state index in [1.165, 1.54) is 0 Å². The molecule has 0 fully saturated rings. The average molecular weight is 222 g/mol. The Morgan fingerprint density at radius 1 is 1.44 bits per heavy atom. The molecule has 2 heterocycles. The third kappa shape index (κ3) is 2.00. The van der Waals surface area contributed by atoms with Crippen LogP contribution in [0.3, 0.4) is 0 Å². The van der Waals surface area contributed by atoms with E-state index >= 15 is 0 Å². The molecule has 0 saturated carbocycles. The van der Waals surface area contributed by atoms with E-state index in [1.54, 1.807) is 12.4 Å². The number of imidazole rings is 1. The zero-order valence-electron chi connectivity index (χ0n) is 8.44. The largest absolute Gasteiger partial charge is 0.354 e. The second-order valence-corrected chi connectivity index (χ2v) is 3.20. The summed E-state index contributed by atoms with van der Waals surface area (Å²) in [5.41, 5.74) is -1.21. The lowest BCUT2D eigenvalue weighted by Crippen LogP contribution is -2.27. The standard InChI is InChI=1S/C8H10N6O2/c1-4(5-9-2-3-10-5)11-6-7(15)12-8(16)14-13-6/h2-4H,1H3,(H,9,10)(H,11,13)(H2,12,14,15,16). The maximum absolute atomic E-state index is 11.3. The van der Waals surface area contributed by atoms with Gasteiger partial charge in [-0.25, -0.2) is 14.9 Å². The van der Waals surface area contributed by atoms with Crippen LogP contribution in [0.1, 0.15) is 18.8 Å². The highest BCUT2D eigenvalue weighted by Crippen LogP contribution is 2.09. The van der Waals surface area contributed by atoms with Gasteiger partial charge in [0.25, 0.3) is 5.56 Å². The van der Waals surface area contributed by atoms with Gasteiger partial charge in [-0.1, -0.05) is 0 Å². The molecule has 0 bridgehead atoms. The van der Waals surface area contributed by atoms with Gasteiger partial charge in [-0.15, -0.1) is 5.10 Å². The van der Waals surface area contributed by atoms with Gasteiger partial charge in [-0.3, -0.25) is 9.78 Å². The van der Waals surface area contributed by atoms with Crippen LogP contribution in [0.15, 0.2) is 22.0 Å². The van der Waals surface area contributed by atoms with Crippen LogP contribution in [-0.4, -0.2) is 25.1 Å². The van der Waals surface area contributed by atoms with Crippen LogP contribution in [0, 0.1) is 0 Å². The Kier molecular flexibility index (Phi) is 2.54. The van der Waals surface area contributed by atoms with E-state index in [2.05, 4.69) is 30.5 Å². The molecule has 0 amide bonds. The van der Waals surface area contributed by atoms with Crippen molar-refractivity contribution >= 4 is 5.82 Å². The SMILES string of the molecule is CC(Nc1n[nH]c(=O)[nH]c1=O)c1ncc[nH]1. The highest BCUT2D eigenvalue weighted by atomic mass is 16.2. The molecule has 84 valence electrons. The van der Waals surface area contributed by atoms with Crippen molar-refractivity contribution in [2.45, 2.75) is 13.0 Å². The molecule has 1 unspecified atom stereocenters. The van der Waals surface area contributed by atoms with Crippen LogP contribution in [0.2, 0.25) is 0 Å². The second-order valence-electron chi connectivity index (χ2n) is 3.20. The first-order chi connectivity index (χ1) is 7.66. The van der Waals surface area contributed by atoms with E-state index in [4.69, 9.17) is 0 Å². The summed E-state index contributed by atoms with van der Waals surface area (Å²) in [4.78, 5) is 31.1. The molecule has 0 aliphatic rings. The zero-order valence-corrected chi connectivity index (χ0v) is 8.44. The molecule has 2 rings (SSSR count). The fourth-order valence-corrected chi connectivity index (χ4v) is 1.23. The Bertz CT molecular complexity index is 569.